The summed E-state index contributed by atoms with van der Waals surface area (Å²) < 4.78 is 23.4. The molecule has 1 aliphatic rings. The lowest BCUT2D eigenvalue weighted by atomic mass is 10.3. The van der Waals surface area contributed by atoms with E-state index in [1.54, 1.807) is 0 Å². The summed E-state index contributed by atoms with van der Waals surface area (Å²) in [7, 11) is 0. The molecule has 0 amide bonds. The third-order valence-electron chi connectivity index (χ3n) is 1.61. The van der Waals surface area contributed by atoms with Crippen LogP contribution in [0.15, 0.2) is 0 Å². The fourth-order valence-corrected chi connectivity index (χ4v) is 2.11. The van der Waals surface area contributed by atoms with Gasteiger partial charge in [-0.25, -0.2) is 0 Å². The molecule has 0 radical (unpaired) electrons. The highest BCUT2D eigenvalue weighted by atomic mass is 79.9. The van der Waals surface area contributed by atoms with Gasteiger partial charge in [0.25, 0.3) is 0 Å². The second-order valence-corrected chi connectivity index (χ2v) is 3.82. The molecule has 5 heteroatoms. The summed E-state index contributed by atoms with van der Waals surface area (Å²) in [6.45, 7) is 0. The number of rotatable bonds is 4. The van der Waals surface area contributed by atoms with Crippen LogP contribution in [0.25, 0.3) is 0 Å². The first-order chi connectivity index (χ1) is 4.68. The molecule has 0 saturated heterocycles. The first-order valence-electron chi connectivity index (χ1n) is 3.05. The molecule has 60 valence electrons. The maximum atomic E-state index is 10.2. The zero-order valence-electron chi connectivity index (χ0n) is 5.38. The van der Waals surface area contributed by atoms with Crippen LogP contribution in [0.4, 0.5) is 0 Å². The molecular weight excluding hydrogens is 220 g/mol. The van der Waals surface area contributed by atoms with Crippen molar-refractivity contribution in [2.24, 2.45) is 0 Å². The van der Waals surface area contributed by atoms with Gasteiger partial charge >= 0.3 is 11.4 Å². The third kappa shape index (κ3) is 2.30. The Morgan fingerprint density at radius 2 is 2.30 bits per heavy atom. The molecule has 1 fully saturated rings. The molecule has 1 aliphatic carbocycles. The molecule has 0 bridgehead atoms. The average Bonchev–Trinajstić information content (AvgIpc) is 2.47. The zero-order chi connectivity index (χ0) is 7.61. The normalized spacial score (nSPS) is 24.2. The maximum Gasteiger partial charge on any atom is 0.302 e. The van der Waals surface area contributed by atoms with E-state index in [1.165, 1.54) is 0 Å². The maximum absolute atomic E-state index is 10.2. The van der Waals surface area contributed by atoms with Gasteiger partial charge < -0.3 is 0 Å². The largest absolute Gasteiger partial charge is 0.302 e. The van der Waals surface area contributed by atoms with Crippen LogP contribution < -0.4 is 0 Å². The van der Waals surface area contributed by atoms with E-state index in [4.69, 9.17) is 8.74 Å². The quantitative estimate of drug-likeness (QED) is 0.586. The van der Waals surface area contributed by atoms with Crippen molar-refractivity contribution < 1.29 is 12.9 Å². The Labute approximate surface area is 70.8 Å². The van der Waals surface area contributed by atoms with Crippen LogP contribution in [0.5, 0.6) is 0 Å². The highest BCUT2D eigenvalue weighted by Gasteiger charge is 2.45. The Morgan fingerprint density at radius 1 is 1.70 bits per heavy atom. The number of hydrogen-bond donors (Lipinski definition) is 1. The van der Waals surface area contributed by atoms with Gasteiger partial charge in [0, 0.05) is 5.33 Å². The Morgan fingerprint density at radius 3 is 2.60 bits per heavy atom. The molecule has 0 spiro atoms. The van der Waals surface area contributed by atoms with Gasteiger partial charge in [-0.2, -0.15) is 4.21 Å². The van der Waals surface area contributed by atoms with Crippen LogP contribution in [0, 0.1) is 0 Å². The topological polar surface area (TPSA) is 46.5 Å². The second kappa shape index (κ2) is 3.30. The minimum atomic E-state index is -2.09. The Bertz CT molecular complexity index is 146. The van der Waals surface area contributed by atoms with E-state index < -0.39 is 11.4 Å². The smallest absolute Gasteiger partial charge is 0.284 e. The van der Waals surface area contributed by atoms with Crippen molar-refractivity contribution >= 4 is 27.3 Å². The molecule has 3 nitrogen and oxygen atoms in total. The first-order valence-corrected chi connectivity index (χ1v) is 5.20. The fourth-order valence-electron chi connectivity index (χ4n) is 0.838. The molecule has 1 rings (SSSR count). The van der Waals surface area contributed by atoms with E-state index in [-0.39, 0.29) is 5.60 Å². The van der Waals surface area contributed by atoms with Gasteiger partial charge in [-0.05, 0) is 19.3 Å². The van der Waals surface area contributed by atoms with Crippen LogP contribution in [0.1, 0.15) is 19.3 Å². The van der Waals surface area contributed by atoms with Gasteiger partial charge in [-0.3, -0.25) is 8.74 Å². The molecule has 0 aromatic heterocycles. The van der Waals surface area contributed by atoms with Gasteiger partial charge in [0.15, 0.2) is 0 Å². The molecule has 0 aromatic rings. The molecule has 1 saturated carbocycles. The molecule has 10 heavy (non-hydrogen) atoms. The minimum Gasteiger partial charge on any atom is -0.284 e. The van der Waals surface area contributed by atoms with Gasteiger partial charge in [0.1, 0.15) is 0 Å². The van der Waals surface area contributed by atoms with Gasteiger partial charge in [0.05, 0.1) is 5.60 Å². The van der Waals surface area contributed by atoms with E-state index in [1.807, 2.05) is 0 Å². The van der Waals surface area contributed by atoms with Crippen LogP contribution in [-0.4, -0.2) is 19.7 Å². The Balaban J connectivity index is 2.30. The summed E-state index contributed by atoms with van der Waals surface area (Å²) in [5.41, 5.74) is -0.275. The lowest BCUT2D eigenvalue weighted by Gasteiger charge is -2.09. The highest BCUT2D eigenvalue weighted by molar-refractivity contribution is 9.09. The van der Waals surface area contributed by atoms with E-state index in [0.29, 0.717) is 0 Å². The van der Waals surface area contributed by atoms with Crippen molar-refractivity contribution in [3.05, 3.63) is 0 Å². The van der Waals surface area contributed by atoms with Crippen molar-refractivity contribution in [1.29, 1.82) is 0 Å². The van der Waals surface area contributed by atoms with Gasteiger partial charge in [-0.1, -0.05) is 15.9 Å². The van der Waals surface area contributed by atoms with E-state index in [0.717, 1.165) is 24.6 Å². The van der Waals surface area contributed by atoms with Crippen molar-refractivity contribution in [3.8, 4) is 0 Å². The number of alkyl halides is 1. The molecule has 0 aliphatic heterocycles. The molecule has 0 aromatic carbocycles. The van der Waals surface area contributed by atoms with E-state index in [2.05, 4.69) is 15.9 Å². The zero-order valence-corrected chi connectivity index (χ0v) is 7.78. The predicted molar refractivity (Wildman–Crippen MR) is 42.2 cm³/mol. The summed E-state index contributed by atoms with van der Waals surface area (Å²) in [6, 6.07) is 0. The van der Waals surface area contributed by atoms with Gasteiger partial charge in [0.2, 0.25) is 0 Å². The van der Waals surface area contributed by atoms with E-state index in [9.17, 15) is 4.21 Å². The van der Waals surface area contributed by atoms with Crippen LogP contribution in [0.3, 0.4) is 0 Å². The number of halogens is 1. The lowest BCUT2D eigenvalue weighted by Crippen LogP contribution is -2.15. The Kier molecular flexibility index (Phi) is 2.85. The van der Waals surface area contributed by atoms with Gasteiger partial charge in [-0.15, -0.1) is 0 Å². The van der Waals surface area contributed by atoms with Crippen molar-refractivity contribution in [2.45, 2.75) is 24.9 Å². The summed E-state index contributed by atoms with van der Waals surface area (Å²) in [5.74, 6) is 0. The molecule has 0 heterocycles. The minimum absolute atomic E-state index is 0.275. The summed E-state index contributed by atoms with van der Waals surface area (Å²) in [6.07, 6.45) is 2.63. The Hall–Kier alpha value is 0.550. The van der Waals surface area contributed by atoms with Crippen molar-refractivity contribution in [3.63, 3.8) is 0 Å². The van der Waals surface area contributed by atoms with Crippen LogP contribution >= 0.6 is 15.9 Å². The standard InChI is InChI=1S/C5H9BrO3S/c6-4-3-5(1-2-5)9-10(7)8/h1-4H2,(H,7,8). The monoisotopic (exact) mass is 228 g/mol. The predicted octanol–water partition coefficient (Wildman–Crippen LogP) is 1.46. The fraction of sp³-hybridized carbons (Fsp3) is 1.00. The number of hydrogen-bond acceptors (Lipinski definition) is 2. The molecule has 1 unspecified atom stereocenters. The third-order valence-corrected chi connectivity index (χ3v) is 2.50. The van der Waals surface area contributed by atoms with Crippen molar-refractivity contribution in [1.82, 2.24) is 0 Å². The summed E-state index contributed by atoms with van der Waals surface area (Å²) in [4.78, 5) is 0. The first kappa shape index (κ1) is 8.64. The molecule has 1 atom stereocenters. The summed E-state index contributed by atoms with van der Waals surface area (Å²) >= 11 is 1.16. The molecular formula is C5H9BrO3S. The van der Waals surface area contributed by atoms with Crippen LogP contribution in [-0.2, 0) is 15.5 Å². The molecule has 1 N–H and O–H groups in total. The lowest BCUT2D eigenvalue weighted by molar-refractivity contribution is 0.179. The van der Waals surface area contributed by atoms with Crippen LogP contribution in [0.2, 0.25) is 0 Å². The second-order valence-electron chi connectivity index (χ2n) is 2.42. The van der Waals surface area contributed by atoms with E-state index >= 15 is 0 Å². The average molecular weight is 229 g/mol. The van der Waals surface area contributed by atoms with Crippen molar-refractivity contribution in [2.75, 3.05) is 5.33 Å². The SMILES string of the molecule is O=S(O)OC1(CCBr)CC1. The summed E-state index contributed by atoms with van der Waals surface area (Å²) in [5, 5.41) is 0.824. The highest BCUT2D eigenvalue weighted by Crippen LogP contribution is 2.43.